The van der Waals surface area contributed by atoms with Gasteiger partial charge in [-0.15, -0.1) is 0 Å². The molecule has 2 amide bonds. The van der Waals surface area contributed by atoms with Crippen LogP contribution in [0.15, 0.2) is 12.1 Å². The van der Waals surface area contributed by atoms with Crippen molar-refractivity contribution in [1.82, 2.24) is 4.90 Å². The Balaban J connectivity index is 2.22. The van der Waals surface area contributed by atoms with Crippen LogP contribution in [0.25, 0.3) is 0 Å². The van der Waals surface area contributed by atoms with Gasteiger partial charge in [-0.2, -0.15) is 0 Å². The highest BCUT2D eigenvalue weighted by molar-refractivity contribution is 5.90. The molecule has 0 radical (unpaired) electrons. The van der Waals surface area contributed by atoms with Gasteiger partial charge in [0.25, 0.3) is 0 Å². The Hall–Kier alpha value is -2.11. The maximum atomic E-state index is 12.6. The molecule has 1 heterocycles. The van der Waals surface area contributed by atoms with Crippen molar-refractivity contribution in [2.75, 3.05) is 38.2 Å². The molecule has 25 heavy (non-hydrogen) atoms. The quantitative estimate of drug-likeness (QED) is 0.797. The standard InChI is InChI=1S/C19H30N2O4/c1-4-23-16-13-15(14-17(24-5-2)18(16)25-6-3)20-19(22)21-11-9-7-8-10-12-21/h13-14H,4-12H2,1-3H3,(H,20,22). The van der Waals surface area contributed by atoms with Gasteiger partial charge >= 0.3 is 6.03 Å². The molecule has 0 unspecified atom stereocenters. The van der Waals surface area contributed by atoms with Crippen molar-refractivity contribution < 1.29 is 19.0 Å². The zero-order valence-corrected chi connectivity index (χ0v) is 15.6. The normalized spacial score (nSPS) is 14.6. The van der Waals surface area contributed by atoms with Crippen molar-refractivity contribution in [3.63, 3.8) is 0 Å². The summed E-state index contributed by atoms with van der Waals surface area (Å²) in [4.78, 5) is 14.5. The van der Waals surface area contributed by atoms with Crippen LogP contribution < -0.4 is 19.5 Å². The monoisotopic (exact) mass is 350 g/mol. The van der Waals surface area contributed by atoms with Gasteiger partial charge in [0.2, 0.25) is 5.75 Å². The van der Waals surface area contributed by atoms with E-state index in [4.69, 9.17) is 14.2 Å². The molecule has 0 saturated carbocycles. The van der Waals surface area contributed by atoms with Crippen molar-refractivity contribution in [3.8, 4) is 17.2 Å². The molecule has 1 aliphatic heterocycles. The first kappa shape index (κ1) is 19.2. The van der Waals surface area contributed by atoms with Gasteiger partial charge in [-0.3, -0.25) is 0 Å². The van der Waals surface area contributed by atoms with E-state index in [0.717, 1.165) is 25.9 Å². The largest absolute Gasteiger partial charge is 0.490 e. The number of anilines is 1. The molecule has 0 atom stereocenters. The van der Waals surface area contributed by atoms with Crippen molar-refractivity contribution in [1.29, 1.82) is 0 Å². The number of nitrogens with zero attached hydrogens (tertiary/aromatic N) is 1. The van der Waals surface area contributed by atoms with Crippen LogP contribution in [0.2, 0.25) is 0 Å². The molecule has 1 N–H and O–H groups in total. The highest BCUT2D eigenvalue weighted by Gasteiger charge is 2.19. The molecular formula is C19H30N2O4. The molecule has 0 bridgehead atoms. The van der Waals surface area contributed by atoms with Crippen LogP contribution in [0.4, 0.5) is 10.5 Å². The maximum absolute atomic E-state index is 12.6. The molecule has 6 nitrogen and oxygen atoms in total. The molecule has 1 aliphatic rings. The first-order chi connectivity index (χ1) is 12.2. The molecule has 0 spiro atoms. The van der Waals surface area contributed by atoms with Crippen LogP contribution in [0.1, 0.15) is 46.5 Å². The Bertz CT molecular complexity index is 527. The van der Waals surface area contributed by atoms with Gasteiger partial charge in [0, 0.05) is 25.2 Å². The van der Waals surface area contributed by atoms with Crippen LogP contribution in [0.5, 0.6) is 17.2 Å². The van der Waals surface area contributed by atoms with E-state index in [1.807, 2.05) is 25.7 Å². The second-order valence-corrected chi connectivity index (χ2v) is 5.93. The molecule has 140 valence electrons. The molecule has 2 rings (SSSR count). The average Bonchev–Trinajstić information content (AvgIpc) is 2.88. The smallest absolute Gasteiger partial charge is 0.321 e. The summed E-state index contributed by atoms with van der Waals surface area (Å²) >= 11 is 0. The number of carbonyl (C=O) groups excluding carboxylic acids is 1. The van der Waals surface area contributed by atoms with E-state index >= 15 is 0 Å². The van der Waals surface area contributed by atoms with Crippen LogP contribution in [0, 0.1) is 0 Å². The van der Waals surface area contributed by atoms with Crippen molar-refractivity contribution >= 4 is 11.7 Å². The number of amides is 2. The van der Waals surface area contributed by atoms with Gasteiger partial charge in [-0.05, 0) is 33.6 Å². The summed E-state index contributed by atoms with van der Waals surface area (Å²) < 4.78 is 17.1. The van der Waals surface area contributed by atoms with Crippen molar-refractivity contribution in [2.24, 2.45) is 0 Å². The van der Waals surface area contributed by atoms with Crippen molar-refractivity contribution in [2.45, 2.75) is 46.5 Å². The molecule has 1 aromatic rings. The van der Waals surface area contributed by atoms with E-state index in [2.05, 4.69) is 5.32 Å². The third-order valence-electron chi connectivity index (χ3n) is 4.05. The Morgan fingerprint density at radius 1 is 0.920 bits per heavy atom. The second-order valence-electron chi connectivity index (χ2n) is 5.93. The zero-order chi connectivity index (χ0) is 18.1. The minimum Gasteiger partial charge on any atom is -0.490 e. The summed E-state index contributed by atoms with van der Waals surface area (Å²) in [6, 6.07) is 3.52. The first-order valence-electron chi connectivity index (χ1n) is 9.31. The Morgan fingerprint density at radius 3 is 1.92 bits per heavy atom. The van der Waals surface area contributed by atoms with Gasteiger partial charge in [-0.1, -0.05) is 12.8 Å². The Kier molecular flexibility index (Phi) is 7.70. The van der Waals surface area contributed by atoms with E-state index < -0.39 is 0 Å². The number of ether oxygens (including phenoxy) is 3. The van der Waals surface area contributed by atoms with E-state index in [1.54, 1.807) is 12.1 Å². The number of carbonyl (C=O) groups is 1. The summed E-state index contributed by atoms with van der Waals surface area (Å²) in [5.74, 6) is 1.75. The third kappa shape index (κ3) is 5.44. The summed E-state index contributed by atoms with van der Waals surface area (Å²) in [6.07, 6.45) is 4.50. The fourth-order valence-corrected chi connectivity index (χ4v) is 2.94. The third-order valence-corrected chi connectivity index (χ3v) is 4.05. The fourth-order valence-electron chi connectivity index (χ4n) is 2.94. The summed E-state index contributed by atoms with van der Waals surface area (Å²) in [5.41, 5.74) is 0.657. The molecule has 1 aromatic carbocycles. The number of nitrogens with one attached hydrogen (secondary N) is 1. The molecule has 0 aromatic heterocycles. The average molecular weight is 350 g/mol. The molecule has 1 fully saturated rings. The number of hydrogen-bond donors (Lipinski definition) is 1. The maximum Gasteiger partial charge on any atom is 0.321 e. The lowest BCUT2D eigenvalue weighted by Gasteiger charge is -2.22. The number of hydrogen-bond acceptors (Lipinski definition) is 4. The molecular weight excluding hydrogens is 320 g/mol. The number of rotatable bonds is 7. The lowest BCUT2D eigenvalue weighted by atomic mass is 10.2. The lowest BCUT2D eigenvalue weighted by molar-refractivity contribution is 0.213. The predicted octanol–water partition coefficient (Wildman–Crippen LogP) is 4.29. The number of likely N-dealkylation sites (tertiary alicyclic amines) is 1. The van der Waals surface area contributed by atoms with Gasteiger partial charge < -0.3 is 24.4 Å². The van der Waals surface area contributed by atoms with Gasteiger partial charge in [-0.25, -0.2) is 4.79 Å². The number of benzene rings is 1. The Morgan fingerprint density at radius 2 is 1.44 bits per heavy atom. The highest BCUT2D eigenvalue weighted by atomic mass is 16.5. The first-order valence-corrected chi connectivity index (χ1v) is 9.31. The summed E-state index contributed by atoms with van der Waals surface area (Å²) in [5, 5.41) is 2.98. The number of urea groups is 1. The second kappa shape index (κ2) is 10.0. The van der Waals surface area contributed by atoms with Crippen LogP contribution >= 0.6 is 0 Å². The van der Waals surface area contributed by atoms with Gasteiger partial charge in [0.05, 0.1) is 25.5 Å². The minimum absolute atomic E-state index is 0.0732. The minimum atomic E-state index is -0.0732. The van der Waals surface area contributed by atoms with Gasteiger partial charge in [0.1, 0.15) is 0 Å². The molecule has 6 heteroatoms. The van der Waals surface area contributed by atoms with Crippen LogP contribution in [-0.4, -0.2) is 43.8 Å². The predicted molar refractivity (Wildman–Crippen MR) is 99.0 cm³/mol. The zero-order valence-electron chi connectivity index (χ0n) is 15.6. The van der Waals surface area contributed by atoms with E-state index in [1.165, 1.54) is 12.8 Å². The molecule has 0 aliphatic carbocycles. The van der Waals surface area contributed by atoms with E-state index in [-0.39, 0.29) is 6.03 Å². The van der Waals surface area contributed by atoms with E-state index in [9.17, 15) is 4.79 Å². The SMILES string of the molecule is CCOc1cc(NC(=O)N2CCCCCC2)cc(OCC)c1OCC. The topological polar surface area (TPSA) is 60.0 Å². The summed E-state index contributed by atoms with van der Waals surface area (Å²) in [6.45, 7) is 8.89. The van der Waals surface area contributed by atoms with Crippen LogP contribution in [0.3, 0.4) is 0 Å². The Labute approximate surface area is 150 Å². The highest BCUT2D eigenvalue weighted by Crippen LogP contribution is 2.40. The van der Waals surface area contributed by atoms with E-state index in [0.29, 0.717) is 42.8 Å². The van der Waals surface area contributed by atoms with Crippen molar-refractivity contribution in [3.05, 3.63) is 12.1 Å². The molecule has 1 saturated heterocycles. The van der Waals surface area contributed by atoms with Gasteiger partial charge in [0.15, 0.2) is 11.5 Å². The fraction of sp³-hybridized carbons (Fsp3) is 0.632. The lowest BCUT2D eigenvalue weighted by Crippen LogP contribution is -2.35. The summed E-state index contributed by atoms with van der Waals surface area (Å²) in [7, 11) is 0. The van der Waals surface area contributed by atoms with Crippen LogP contribution in [-0.2, 0) is 0 Å².